The summed E-state index contributed by atoms with van der Waals surface area (Å²) in [6, 6.07) is 9.75. The molecule has 0 aliphatic heterocycles. The van der Waals surface area contributed by atoms with Crippen LogP contribution in [0, 0.1) is 5.82 Å². The molecule has 1 N–H and O–H groups in total. The maximum atomic E-state index is 13.5. The number of benzene rings is 2. The molecule has 0 unspecified atom stereocenters. The van der Waals surface area contributed by atoms with Crippen molar-refractivity contribution in [1.29, 1.82) is 0 Å². The van der Waals surface area contributed by atoms with Gasteiger partial charge >= 0.3 is 0 Å². The topological polar surface area (TPSA) is 21.3 Å². The Morgan fingerprint density at radius 3 is 2.70 bits per heavy atom. The maximum absolute atomic E-state index is 13.5. The SMILES string of the molecule is CNCc1cc(F)cc(OCc2cc(Cl)ccc2Cl)c1. The summed E-state index contributed by atoms with van der Waals surface area (Å²) in [5.41, 5.74) is 1.58. The smallest absolute Gasteiger partial charge is 0.127 e. The van der Waals surface area contributed by atoms with Crippen LogP contribution >= 0.6 is 23.2 Å². The van der Waals surface area contributed by atoms with Gasteiger partial charge in [-0.15, -0.1) is 0 Å². The van der Waals surface area contributed by atoms with Crippen LogP contribution in [0.15, 0.2) is 36.4 Å². The molecule has 0 aromatic heterocycles. The Balaban J connectivity index is 2.12. The molecule has 0 saturated carbocycles. The summed E-state index contributed by atoms with van der Waals surface area (Å²) < 4.78 is 19.1. The van der Waals surface area contributed by atoms with Crippen molar-refractivity contribution < 1.29 is 9.13 Å². The van der Waals surface area contributed by atoms with Crippen molar-refractivity contribution in [2.24, 2.45) is 0 Å². The Hall–Kier alpha value is -1.29. The van der Waals surface area contributed by atoms with Crippen molar-refractivity contribution in [1.82, 2.24) is 5.32 Å². The molecule has 2 rings (SSSR count). The van der Waals surface area contributed by atoms with Gasteiger partial charge in [-0.1, -0.05) is 23.2 Å². The fourth-order valence-electron chi connectivity index (χ4n) is 1.83. The molecule has 0 radical (unpaired) electrons. The molecule has 0 aliphatic rings. The molecule has 20 heavy (non-hydrogen) atoms. The van der Waals surface area contributed by atoms with E-state index in [2.05, 4.69) is 5.32 Å². The highest BCUT2D eigenvalue weighted by molar-refractivity contribution is 6.33. The second-order valence-electron chi connectivity index (χ2n) is 4.35. The van der Waals surface area contributed by atoms with Crippen molar-refractivity contribution in [2.75, 3.05) is 7.05 Å². The average molecular weight is 314 g/mol. The van der Waals surface area contributed by atoms with Crippen molar-refractivity contribution in [3.05, 3.63) is 63.4 Å². The minimum absolute atomic E-state index is 0.238. The van der Waals surface area contributed by atoms with E-state index in [1.165, 1.54) is 12.1 Å². The fraction of sp³-hybridized carbons (Fsp3) is 0.200. The lowest BCUT2D eigenvalue weighted by Crippen LogP contribution is -2.06. The summed E-state index contributed by atoms with van der Waals surface area (Å²) in [7, 11) is 1.80. The Kier molecular flexibility index (Phi) is 5.24. The summed E-state index contributed by atoms with van der Waals surface area (Å²) in [4.78, 5) is 0. The first-order chi connectivity index (χ1) is 9.58. The number of nitrogens with one attached hydrogen (secondary N) is 1. The quantitative estimate of drug-likeness (QED) is 0.881. The van der Waals surface area contributed by atoms with E-state index in [-0.39, 0.29) is 12.4 Å². The summed E-state index contributed by atoms with van der Waals surface area (Å²) in [6.45, 7) is 0.813. The molecule has 0 atom stereocenters. The van der Waals surface area contributed by atoms with Crippen molar-refractivity contribution >= 4 is 23.2 Å². The molecule has 2 aromatic carbocycles. The molecule has 106 valence electrons. The van der Waals surface area contributed by atoms with E-state index in [0.717, 1.165) is 11.1 Å². The third-order valence-corrected chi connectivity index (χ3v) is 3.32. The second-order valence-corrected chi connectivity index (χ2v) is 5.19. The summed E-state index contributed by atoms with van der Waals surface area (Å²) in [5, 5.41) is 4.12. The highest BCUT2D eigenvalue weighted by atomic mass is 35.5. The number of rotatable bonds is 5. The Morgan fingerprint density at radius 2 is 1.95 bits per heavy atom. The van der Waals surface area contributed by atoms with Crippen LogP contribution in [-0.4, -0.2) is 7.05 Å². The highest BCUT2D eigenvalue weighted by Crippen LogP contribution is 2.23. The standard InChI is InChI=1S/C15H14Cl2FNO/c1-19-8-10-4-13(18)7-14(5-10)20-9-11-6-12(16)2-3-15(11)17/h2-7,19H,8-9H2,1H3. The first-order valence-electron chi connectivity index (χ1n) is 6.09. The maximum Gasteiger partial charge on any atom is 0.127 e. The Morgan fingerprint density at radius 1 is 1.15 bits per heavy atom. The van der Waals surface area contributed by atoms with Crippen LogP contribution in [0.5, 0.6) is 5.75 Å². The van der Waals surface area contributed by atoms with Crippen LogP contribution in [0.25, 0.3) is 0 Å². The van der Waals surface area contributed by atoms with E-state index in [9.17, 15) is 4.39 Å². The Bertz CT molecular complexity index is 604. The minimum atomic E-state index is -0.329. The minimum Gasteiger partial charge on any atom is -0.489 e. The lowest BCUT2D eigenvalue weighted by Gasteiger charge is -2.10. The predicted molar refractivity (Wildman–Crippen MR) is 80.0 cm³/mol. The van der Waals surface area contributed by atoms with Gasteiger partial charge in [-0.3, -0.25) is 0 Å². The van der Waals surface area contributed by atoms with E-state index in [4.69, 9.17) is 27.9 Å². The Labute approximate surface area is 127 Å². The van der Waals surface area contributed by atoms with Crippen molar-refractivity contribution in [3.63, 3.8) is 0 Å². The molecule has 2 nitrogen and oxygen atoms in total. The zero-order chi connectivity index (χ0) is 14.5. The van der Waals surface area contributed by atoms with Gasteiger partial charge in [0.05, 0.1) is 0 Å². The second kappa shape index (κ2) is 6.93. The van der Waals surface area contributed by atoms with Gasteiger partial charge < -0.3 is 10.1 Å². The van der Waals surface area contributed by atoms with Gasteiger partial charge in [0.2, 0.25) is 0 Å². The van der Waals surface area contributed by atoms with Gasteiger partial charge in [-0.05, 0) is 42.9 Å². The zero-order valence-corrected chi connectivity index (χ0v) is 12.4. The molecule has 0 aliphatic carbocycles. The van der Waals surface area contributed by atoms with Gasteiger partial charge in [-0.2, -0.15) is 0 Å². The summed E-state index contributed by atoms with van der Waals surface area (Å²) in [5.74, 6) is 0.135. The number of ether oxygens (including phenoxy) is 1. The highest BCUT2D eigenvalue weighted by Gasteiger charge is 2.05. The number of halogens is 3. The van der Waals surface area contributed by atoms with Crippen LogP contribution < -0.4 is 10.1 Å². The van der Waals surface area contributed by atoms with E-state index in [1.54, 1.807) is 31.3 Å². The molecule has 0 spiro atoms. The average Bonchev–Trinajstić information content (AvgIpc) is 2.40. The van der Waals surface area contributed by atoms with Crippen molar-refractivity contribution in [3.8, 4) is 5.75 Å². The van der Waals surface area contributed by atoms with E-state index in [1.807, 2.05) is 0 Å². The molecule has 0 fully saturated rings. The fourth-order valence-corrected chi connectivity index (χ4v) is 2.19. The van der Waals surface area contributed by atoms with Crippen LogP contribution in [0.1, 0.15) is 11.1 Å². The third kappa shape index (κ3) is 4.10. The van der Waals surface area contributed by atoms with E-state index < -0.39 is 0 Å². The predicted octanol–water partition coefficient (Wildman–Crippen LogP) is 4.43. The van der Waals surface area contributed by atoms with Gasteiger partial charge in [0.1, 0.15) is 18.2 Å². The number of hydrogen-bond acceptors (Lipinski definition) is 2. The first kappa shape index (κ1) is 15.1. The number of hydrogen-bond donors (Lipinski definition) is 1. The molecular weight excluding hydrogens is 300 g/mol. The molecule has 5 heteroatoms. The van der Waals surface area contributed by atoms with Gasteiger partial charge in [0.15, 0.2) is 0 Å². The first-order valence-corrected chi connectivity index (χ1v) is 6.85. The van der Waals surface area contributed by atoms with Gasteiger partial charge in [-0.25, -0.2) is 4.39 Å². The van der Waals surface area contributed by atoms with Crippen molar-refractivity contribution in [2.45, 2.75) is 13.2 Å². The largest absolute Gasteiger partial charge is 0.489 e. The van der Waals surface area contributed by atoms with Crippen LogP contribution in [0.3, 0.4) is 0 Å². The third-order valence-electron chi connectivity index (χ3n) is 2.71. The van der Waals surface area contributed by atoms with Gasteiger partial charge in [0, 0.05) is 28.2 Å². The monoisotopic (exact) mass is 313 g/mol. The van der Waals surface area contributed by atoms with E-state index in [0.29, 0.717) is 22.3 Å². The lowest BCUT2D eigenvalue weighted by molar-refractivity contribution is 0.304. The lowest BCUT2D eigenvalue weighted by atomic mass is 10.2. The van der Waals surface area contributed by atoms with Crippen LogP contribution in [0.2, 0.25) is 10.0 Å². The molecule has 0 heterocycles. The summed E-state index contributed by atoms with van der Waals surface area (Å²) >= 11 is 12.0. The zero-order valence-electron chi connectivity index (χ0n) is 10.9. The molecule has 0 saturated heterocycles. The van der Waals surface area contributed by atoms with Crippen LogP contribution in [-0.2, 0) is 13.2 Å². The normalized spacial score (nSPS) is 10.6. The molecule has 0 bridgehead atoms. The molecule has 2 aromatic rings. The summed E-state index contributed by atoms with van der Waals surface area (Å²) in [6.07, 6.45) is 0. The van der Waals surface area contributed by atoms with Gasteiger partial charge in [0.25, 0.3) is 0 Å². The van der Waals surface area contributed by atoms with E-state index >= 15 is 0 Å². The molecular formula is C15H14Cl2FNO. The van der Waals surface area contributed by atoms with Crippen LogP contribution in [0.4, 0.5) is 4.39 Å². The molecule has 0 amide bonds.